The van der Waals surface area contributed by atoms with E-state index < -0.39 is 17.9 Å². The monoisotopic (exact) mass is 226 g/mol. The van der Waals surface area contributed by atoms with Gasteiger partial charge in [0.2, 0.25) is 0 Å². The van der Waals surface area contributed by atoms with Gasteiger partial charge < -0.3 is 4.57 Å². The van der Waals surface area contributed by atoms with Crippen LogP contribution < -0.4 is 0 Å². The summed E-state index contributed by atoms with van der Waals surface area (Å²) in [6.45, 7) is -0.454. The molecule has 1 heterocycles. The highest BCUT2D eigenvalue weighted by Gasteiger charge is 2.11. The number of halogens is 2. The van der Waals surface area contributed by atoms with Crippen molar-refractivity contribution in [2.45, 2.75) is 13.0 Å². The molecule has 2 rings (SSSR count). The van der Waals surface area contributed by atoms with Gasteiger partial charge in [0, 0.05) is 23.7 Å². The highest BCUT2D eigenvalue weighted by Crippen LogP contribution is 2.22. The van der Waals surface area contributed by atoms with Gasteiger partial charge in [0.25, 0.3) is 12.1 Å². The molecule has 84 valence electrons. The van der Waals surface area contributed by atoms with Gasteiger partial charge in [-0.15, -0.1) is 0 Å². The lowest BCUT2D eigenvalue weighted by molar-refractivity contribution is -0.384. The predicted molar refractivity (Wildman–Crippen MR) is 54.6 cm³/mol. The summed E-state index contributed by atoms with van der Waals surface area (Å²) in [6.07, 6.45) is -0.976. The van der Waals surface area contributed by atoms with Crippen molar-refractivity contribution >= 4 is 16.6 Å². The maximum Gasteiger partial charge on any atom is 0.271 e. The molecule has 0 amide bonds. The van der Waals surface area contributed by atoms with Gasteiger partial charge in [0.15, 0.2) is 0 Å². The first-order valence-corrected chi connectivity index (χ1v) is 4.59. The maximum absolute atomic E-state index is 12.2. The topological polar surface area (TPSA) is 48.1 Å². The minimum Gasteiger partial charge on any atom is -0.342 e. The van der Waals surface area contributed by atoms with Crippen molar-refractivity contribution in [1.82, 2.24) is 4.57 Å². The van der Waals surface area contributed by atoms with E-state index in [2.05, 4.69) is 0 Å². The number of rotatable bonds is 3. The van der Waals surface area contributed by atoms with Crippen LogP contribution in [0.15, 0.2) is 30.5 Å². The molecule has 0 N–H and O–H groups in total. The molecule has 0 fully saturated rings. The van der Waals surface area contributed by atoms with Crippen LogP contribution in [0.25, 0.3) is 10.9 Å². The van der Waals surface area contributed by atoms with Crippen LogP contribution in [0.2, 0.25) is 0 Å². The Morgan fingerprint density at radius 3 is 2.75 bits per heavy atom. The van der Waals surface area contributed by atoms with E-state index >= 15 is 0 Å². The summed E-state index contributed by atoms with van der Waals surface area (Å²) < 4.78 is 25.8. The van der Waals surface area contributed by atoms with Gasteiger partial charge in [0.05, 0.1) is 17.0 Å². The number of nitro groups is 1. The molecular formula is C10H8F2N2O2. The van der Waals surface area contributed by atoms with E-state index in [9.17, 15) is 18.9 Å². The Morgan fingerprint density at radius 1 is 1.38 bits per heavy atom. The second-order valence-electron chi connectivity index (χ2n) is 3.36. The number of alkyl halides is 2. The molecule has 0 saturated heterocycles. The van der Waals surface area contributed by atoms with Crippen molar-refractivity contribution in [3.05, 3.63) is 40.6 Å². The first kappa shape index (κ1) is 10.5. The molecule has 0 aliphatic carbocycles. The fraction of sp³-hybridized carbons (Fsp3) is 0.200. The van der Waals surface area contributed by atoms with Crippen molar-refractivity contribution in [2.24, 2.45) is 0 Å². The molecule has 0 saturated carbocycles. The van der Waals surface area contributed by atoms with E-state index in [4.69, 9.17) is 0 Å². The van der Waals surface area contributed by atoms with Crippen molar-refractivity contribution in [3.8, 4) is 0 Å². The zero-order valence-electron chi connectivity index (χ0n) is 8.14. The molecule has 16 heavy (non-hydrogen) atoms. The molecule has 1 aromatic carbocycles. The predicted octanol–water partition coefficient (Wildman–Crippen LogP) is 2.81. The standard InChI is InChI=1S/C10H8F2N2O2/c11-10(12)6-13-4-3-7-1-2-8(14(15)16)5-9(7)13/h1-5,10H,6H2. The average Bonchev–Trinajstić information content (AvgIpc) is 2.60. The van der Waals surface area contributed by atoms with Crippen LogP contribution in [0.4, 0.5) is 14.5 Å². The molecule has 0 unspecified atom stereocenters. The number of fused-ring (bicyclic) bond motifs is 1. The lowest BCUT2D eigenvalue weighted by Gasteiger charge is -2.03. The van der Waals surface area contributed by atoms with Crippen LogP contribution >= 0.6 is 0 Å². The van der Waals surface area contributed by atoms with E-state index in [1.165, 1.54) is 22.9 Å². The Kier molecular flexibility index (Phi) is 2.55. The van der Waals surface area contributed by atoms with E-state index in [1.54, 1.807) is 12.1 Å². The Balaban J connectivity index is 2.51. The van der Waals surface area contributed by atoms with Gasteiger partial charge in [-0.05, 0) is 12.1 Å². The number of nitro benzene ring substituents is 1. The number of hydrogen-bond donors (Lipinski definition) is 0. The summed E-state index contributed by atoms with van der Waals surface area (Å²) in [4.78, 5) is 10.0. The molecule has 0 spiro atoms. The van der Waals surface area contributed by atoms with E-state index in [0.717, 1.165) is 0 Å². The summed E-state index contributed by atoms with van der Waals surface area (Å²) in [5, 5.41) is 11.3. The van der Waals surface area contributed by atoms with Crippen molar-refractivity contribution in [3.63, 3.8) is 0 Å². The quantitative estimate of drug-likeness (QED) is 0.596. The van der Waals surface area contributed by atoms with Gasteiger partial charge in [0.1, 0.15) is 0 Å². The summed E-state index contributed by atoms with van der Waals surface area (Å²) in [7, 11) is 0. The minimum absolute atomic E-state index is 0.0956. The molecule has 0 radical (unpaired) electrons. The smallest absolute Gasteiger partial charge is 0.271 e. The lowest BCUT2D eigenvalue weighted by Crippen LogP contribution is -2.04. The first-order chi connectivity index (χ1) is 7.58. The number of benzene rings is 1. The Labute approximate surface area is 89.2 Å². The maximum atomic E-state index is 12.2. The van der Waals surface area contributed by atoms with Crippen molar-refractivity contribution < 1.29 is 13.7 Å². The molecule has 2 aromatic rings. The van der Waals surface area contributed by atoms with Crippen LogP contribution in [0, 0.1) is 10.1 Å². The van der Waals surface area contributed by atoms with E-state index in [1.807, 2.05) is 0 Å². The van der Waals surface area contributed by atoms with Crippen LogP contribution in [0.5, 0.6) is 0 Å². The second kappa shape index (κ2) is 3.88. The number of hydrogen-bond acceptors (Lipinski definition) is 2. The van der Waals surface area contributed by atoms with Crippen LogP contribution in [0.1, 0.15) is 0 Å². The normalized spacial score (nSPS) is 11.2. The second-order valence-corrected chi connectivity index (χ2v) is 3.36. The number of aromatic nitrogens is 1. The highest BCUT2D eigenvalue weighted by molar-refractivity contribution is 5.82. The van der Waals surface area contributed by atoms with E-state index in [-0.39, 0.29) is 5.69 Å². The molecule has 0 aliphatic rings. The summed E-state index contributed by atoms with van der Waals surface area (Å²) in [5.41, 5.74) is 0.358. The van der Waals surface area contributed by atoms with Crippen molar-refractivity contribution in [2.75, 3.05) is 0 Å². The zero-order chi connectivity index (χ0) is 11.7. The zero-order valence-corrected chi connectivity index (χ0v) is 8.14. The first-order valence-electron chi connectivity index (χ1n) is 4.59. The molecular weight excluding hydrogens is 218 g/mol. The molecule has 4 nitrogen and oxygen atoms in total. The van der Waals surface area contributed by atoms with Gasteiger partial charge >= 0.3 is 0 Å². The molecule has 1 aromatic heterocycles. The summed E-state index contributed by atoms with van der Waals surface area (Å²) in [6, 6.07) is 5.86. The molecule has 6 heteroatoms. The van der Waals surface area contributed by atoms with Gasteiger partial charge in [-0.25, -0.2) is 8.78 Å². The largest absolute Gasteiger partial charge is 0.342 e. The van der Waals surface area contributed by atoms with Crippen molar-refractivity contribution in [1.29, 1.82) is 0 Å². The average molecular weight is 226 g/mol. The third kappa shape index (κ3) is 1.86. The third-order valence-corrected chi connectivity index (χ3v) is 2.30. The fourth-order valence-electron chi connectivity index (χ4n) is 1.59. The lowest BCUT2D eigenvalue weighted by atomic mass is 10.2. The number of nitrogens with zero attached hydrogens (tertiary/aromatic N) is 2. The molecule has 0 bridgehead atoms. The fourth-order valence-corrected chi connectivity index (χ4v) is 1.59. The SMILES string of the molecule is O=[N+]([O-])c1ccc2ccn(CC(F)F)c2c1. The number of non-ortho nitro benzene ring substituents is 1. The van der Waals surface area contributed by atoms with Crippen LogP contribution in [-0.4, -0.2) is 15.9 Å². The highest BCUT2D eigenvalue weighted by atomic mass is 19.3. The van der Waals surface area contributed by atoms with Crippen LogP contribution in [0.3, 0.4) is 0 Å². The van der Waals surface area contributed by atoms with Crippen LogP contribution in [-0.2, 0) is 6.54 Å². The summed E-state index contributed by atoms with van der Waals surface area (Å²) >= 11 is 0. The Bertz CT molecular complexity index is 537. The van der Waals surface area contributed by atoms with Gasteiger partial charge in [-0.3, -0.25) is 10.1 Å². The van der Waals surface area contributed by atoms with Gasteiger partial charge in [-0.2, -0.15) is 0 Å². The summed E-state index contributed by atoms with van der Waals surface area (Å²) in [5.74, 6) is 0. The Hall–Kier alpha value is -1.98. The molecule has 0 atom stereocenters. The Morgan fingerprint density at radius 2 is 2.12 bits per heavy atom. The van der Waals surface area contributed by atoms with E-state index in [0.29, 0.717) is 10.9 Å². The van der Waals surface area contributed by atoms with Gasteiger partial charge in [-0.1, -0.05) is 0 Å². The molecule has 0 aliphatic heterocycles. The minimum atomic E-state index is -2.48. The third-order valence-electron chi connectivity index (χ3n) is 2.30.